The molecule has 0 atom stereocenters. The topological polar surface area (TPSA) is 27.7 Å². The van der Waals surface area contributed by atoms with E-state index in [1.165, 1.54) is 7.11 Å². The third-order valence-electron chi connectivity index (χ3n) is 4.14. The highest BCUT2D eigenvalue weighted by molar-refractivity contribution is 9.10. The van der Waals surface area contributed by atoms with Crippen molar-refractivity contribution in [2.24, 2.45) is 0 Å². The fourth-order valence-electron chi connectivity index (χ4n) is 2.04. The molecule has 0 amide bonds. The minimum Gasteiger partial charge on any atom is -0.494 e. The third kappa shape index (κ3) is 3.30. The first kappa shape index (κ1) is 18.4. The minimum atomic E-state index is -1.29. The van der Waals surface area contributed by atoms with E-state index in [0.29, 0.717) is 0 Å². The Morgan fingerprint density at radius 1 is 1.22 bits per heavy atom. The van der Waals surface area contributed by atoms with Gasteiger partial charge < -0.3 is 14.0 Å². The zero-order valence-corrected chi connectivity index (χ0v) is 15.1. The molecule has 1 heterocycles. The van der Waals surface area contributed by atoms with Crippen molar-refractivity contribution in [3.8, 4) is 5.75 Å². The first-order chi connectivity index (χ1) is 10.5. The van der Waals surface area contributed by atoms with Crippen LogP contribution in [-0.4, -0.2) is 25.4 Å². The fraction of sp³-hybridized carbons (Fsp3) is 0.467. The molecule has 0 aromatic heterocycles. The molecule has 1 saturated heterocycles. The third-order valence-corrected chi connectivity index (χ3v) is 4.94. The second-order valence-electron chi connectivity index (χ2n) is 6.22. The lowest BCUT2D eigenvalue weighted by Gasteiger charge is -2.32. The highest BCUT2D eigenvalue weighted by atomic mass is 79.9. The average Bonchev–Trinajstić information content (AvgIpc) is 2.67. The van der Waals surface area contributed by atoms with E-state index in [1.807, 2.05) is 0 Å². The van der Waals surface area contributed by atoms with Crippen molar-refractivity contribution in [1.29, 1.82) is 0 Å². The van der Waals surface area contributed by atoms with Gasteiger partial charge in [-0.1, -0.05) is 0 Å². The van der Waals surface area contributed by atoms with Crippen LogP contribution in [0, 0.1) is 11.6 Å². The standard InChI is InChI=1S/C15H17BBrF3O3/c1-14(2)15(3,4)23-16(22-14)11(19)6-8-12(17)9(18)7-10(21-5)13(8)20/h6-7H,1-5H3. The highest BCUT2D eigenvalue weighted by Gasteiger charge is 2.53. The normalized spacial score (nSPS) is 20.0. The summed E-state index contributed by atoms with van der Waals surface area (Å²) in [5.74, 6) is -1.97. The second-order valence-corrected chi connectivity index (χ2v) is 7.01. The van der Waals surface area contributed by atoms with Gasteiger partial charge in [0.25, 0.3) is 0 Å². The molecular formula is C15H17BBrF3O3. The molecular weight excluding hydrogens is 376 g/mol. The van der Waals surface area contributed by atoms with E-state index >= 15 is 0 Å². The summed E-state index contributed by atoms with van der Waals surface area (Å²) in [6.45, 7) is 7.06. The van der Waals surface area contributed by atoms with Gasteiger partial charge in [0, 0.05) is 11.6 Å². The van der Waals surface area contributed by atoms with Gasteiger partial charge >= 0.3 is 7.12 Å². The Balaban J connectivity index is 2.42. The summed E-state index contributed by atoms with van der Waals surface area (Å²) in [4.78, 5) is 0. The van der Waals surface area contributed by atoms with Crippen molar-refractivity contribution in [3.63, 3.8) is 0 Å². The zero-order valence-electron chi connectivity index (χ0n) is 13.5. The van der Waals surface area contributed by atoms with Crippen LogP contribution < -0.4 is 4.74 Å². The molecule has 1 aliphatic rings. The molecule has 0 bridgehead atoms. The molecule has 23 heavy (non-hydrogen) atoms. The summed E-state index contributed by atoms with van der Waals surface area (Å²) in [6, 6.07) is 0.878. The summed E-state index contributed by atoms with van der Waals surface area (Å²) in [5, 5.41) is 0. The van der Waals surface area contributed by atoms with Crippen LogP contribution in [0.4, 0.5) is 13.2 Å². The number of rotatable bonds is 3. The van der Waals surface area contributed by atoms with Crippen LogP contribution in [0.15, 0.2) is 16.3 Å². The summed E-state index contributed by atoms with van der Waals surface area (Å²) in [7, 11) is -0.0929. The lowest BCUT2D eigenvalue weighted by atomic mass is 9.86. The molecule has 0 N–H and O–H groups in total. The van der Waals surface area contributed by atoms with Crippen molar-refractivity contribution in [2.75, 3.05) is 7.11 Å². The van der Waals surface area contributed by atoms with Gasteiger partial charge in [-0.2, -0.15) is 0 Å². The van der Waals surface area contributed by atoms with Crippen LogP contribution in [-0.2, 0) is 9.31 Å². The molecule has 1 aromatic rings. The highest BCUT2D eigenvalue weighted by Crippen LogP contribution is 2.40. The number of hydrogen-bond acceptors (Lipinski definition) is 3. The van der Waals surface area contributed by atoms with Crippen molar-refractivity contribution < 1.29 is 27.2 Å². The molecule has 2 rings (SSSR count). The predicted octanol–water partition coefficient (Wildman–Crippen LogP) is 4.68. The Labute approximate surface area is 142 Å². The molecule has 1 fully saturated rings. The first-order valence-electron chi connectivity index (χ1n) is 6.94. The maximum absolute atomic E-state index is 14.5. The van der Waals surface area contributed by atoms with E-state index in [2.05, 4.69) is 15.9 Å². The number of halogens is 4. The Morgan fingerprint density at radius 3 is 2.22 bits per heavy atom. The molecule has 8 heteroatoms. The summed E-state index contributed by atoms with van der Waals surface area (Å²) in [6.07, 6.45) is 0.840. The van der Waals surface area contributed by atoms with Gasteiger partial charge in [0.1, 0.15) is 11.5 Å². The van der Waals surface area contributed by atoms with Gasteiger partial charge in [-0.15, -0.1) is 0 Å². The van der Waals surface area contributed by atoms with Crippen LogP contribution in [0.25, 0.3) is 6.08 Å². The Kier molecular flexibility index (Phi) is 4.90. The number of ether oxygens (including phenoxy) is 1. The summed E-state index contributed by atoms with van der Waals surface area (Å²) in [5.41, 5.74) is -2.65. The molecule has 1 aromatic carbocycles. The largest absolute Gasteiger partial charge is 0.525 e. The van der Waals surface area contributed by atoms with Crippen LogP contribution >= 0.6 is 15.9 Å². The van der Waals surface area contributed by atoms with Crippen LogP contribution in [0.3, 0.4) is 0 Å². The predicted molar refractivity (Wildman–Crippen MR) is 85.8 cm³/mol. The van der Waals surface area contributed by atoms with Gasteiger partial charge in [0.2, 0.25) is 0 Å². The minimum absolute atomic E-state index is 0.206. The van der Waals surface area contributed by atoms with Gasteiger partial charge in [0.15, 0.2) is 11.6 Å². The Morgan fingerprint density at radius 2 is 1.74 bits per heavy atom. The van der Waals surface area contributed by atoms with Crippen LogP contribution in [0.5, 0.6) is 5.75 Å². The molecule has 1 aliphatic heterocycles. The lowest BCUT2D eigenvalue weighted by molar-refractivity contribution is 0.00578. The van der Waals surface area contributed by atoms with Gasteiger partial charge in [-0.25, -0.2) is 13.2 Å². The fourth-order valence-corrected chi connectivity index (χ4v) is 2.44. The second kappa shape index (κ2) is 6.14. The molecule has 0 aliphatic carbocycles. The quantitative estimate of drug-likeness (QED) is 0.552. The van der Waals surface area contributed by atoms with E-state index in [9.17, 15) is 13.2 Å². The Hall–Kier alpha value is -0.985. The monoisotopic (exact) mass is 392 g/mol. The molecule has 3 nitrogen and oxygen atoms in total. The van der Waals surface area contributed by atoms with Crippen LogP contribution in [0.2, 0.25) is 0 Å². The zero-order chi connectivity index (χ0) is 17.6. The molecule has 0 unspecified atom stereocenters. The average molecular weight is 393 g/mol. The number of benzene rings is 1. The molecule has 0 saturated carbocycles. The summed E-state index contributed by atoms with van der Waals surface area (Å²) >= 11 is 2.91. The maximum Gasteiger partial charge on any atom is 0.525 e. The Bertz CT molecular complexity index is 646. The van der Waals surface area contributed by atoms with E-state index in [-0.39, 0.29) is 15.8 Å². The molecule has 126 valence electrons. The van der Waals surface area contributed by atoms with Crippen molar-refractivity contribution in [2.45, 2.75) is 38.9 Å². The van der Waals surface area contributed by atoms with Crippen molar-refractivity contribution in [1.82, 2.24) is 0 Å². The lowest BCUT2D eigenvalue weighted by Crippen LogP contribution is -2.41. The van der Waals surface area contributed by atoms with Gasteiger partial charge in [-0.05, 0) is 49.7 Å². The summed E-state index contributed by atoms with van der Waals surface area (Å²) < 4.78 is 58.1. The van der Waals surface area contributed by atoms with Gasteiger partial charge in [0.05, 0.1) is 22.8 Å². The smallest absolute Gasteiger partial charge is 0.494 e. The molecule has 0 radical (unpaired) electrons. The van der Waals surface area contributed by atoms with E-state index in [1.54, 1.807) is 27.7 Å². The molecule has 0 spiro atoms. The van der Waals surface area contributed by atoms with Gasteiger partial charge in [-0.3, -0.25) is 0 Å². The van der Waals surface area contributed by atoms with Crippen molar-refractivity contribution in [3.05, 3.63) is 33.5 Å². The van der Waals surface area contributed by atoms with E-state index in [4.69, 9.17) is 14.0 Å². The maximum atomic E-state index is 14.5. The number of hydrogen-bond donors (Lipinski definition) is 0. The number of methoxy groups -OCH3 is 1. The van der Waals surface area contributed by atoms with E-state index < -0.39 is 35.7 Å². The van der Waals surface area contributed by atoms with E-state index in [0.717, 1.165) is 12.1 Å². The van der Waals surface area contributed by atoms with Crippen molar-refractivity contribution >= 4 is 29.1 Å². The van der Waals surface area contributed by atoms with Crippen LogP contribution in [0.1, 0.15) is 33.3 Å². The SMILES string of the molecule is COc1cc(F)c(Br)c(C=C(F)B2OC(C)(C)C(C)(C)O2)c1F. The first-order valence-corrected chi connectivity index (χ1v) is 7.73.